The molecule has 5 heterocycles. The van der Waals surface area contributed by atoms with E-state index in [-0.39, 0.29) is 18.1 Å². The molecule has 1 atom stereocenters. The van der Waals surface area contributed by atoms with Crippen molar-refractivity contribution in [3.05, 3.63) is 56.9 Å². The number of aromatic nitrogens is 2. The number of hydrogen-bond donors (Lipinski definition) is 1. The topological polar surface area (TPSA) is 85.7 Å². The highest BCUT2D eigenvalue weighted by atomic mass is 16.5. The van der Waals surface area contributed by atoms with Crippen LogP contribution in [0, 0.1) is 5.92 Å². The van der Waals surface area contributed by atoms with Crippen LogP contribution >= 0.6 is 0 Å². The van der Waals surface area contributed by atoms with Crippen LogP contribution in [0.15, 0.2) is 29.1 Å². The van der Waals surface area contributed by atoms with Gasteiger partial charge in [-0.05, 0) is 82.2 Å². The van der Waals surface area contributed by atoms with E-state index >= 15 is 0 Å². The van der Waals surface area contributed by atoms with Gasteiger partial charge in [0.05, 0.1) is 41.5 Å². The molecule has 0 radical (unpaired) electrons. The van der Waals surface area contributed by atoms with E-state index in [1.807, 2.05) is 25.1 Å². The van der Waals surface area contributed by atoms with Crippen molar-refractivity contribution < 1.29 is 14.3 Å². The average Bonchev–Trinajstić information content (AvgIpc) is 3.25. The highest BCUT2D eigenvalue weighted by molar-refractivity contribution is 5.89. The van der Waals surface area contributed by atoms with Crippen molar-refractivity contribution in [1.29, 1.82) is 0 Å². The number of nitrogens with zero attached hydrogens (tertiary/aromatic N) is 3. The number of cyclic esters (lactones) is 1. The fourth-order valence-corrected chi connectivity index (χ4v) is 5.98. The van der Waals surface area contributed by atoms with E-state index in [1.165, 1.54) is 0 Å². The highest BCUT2D eigenvalue weighted by Crippen LogP contribution is 2.38. The number of fused-ring (bicyclic) bond motifs is 5. The molecule has 0 bridgehead atoms. The Morgan fingerprint density at radius 3 is 2.76 bits per heavy atom. The van der Waals surface area contributed by atoms with Crippen LogP contribution in [0.4, 0.5) is 0 Å². The quantitative estimate of drug-likeness (QED) is 0.405. The predicted octanol–water partition coefficient (Wildman–Crippen LogP) is 3.42. The van der Waals surface area contributed by atoms with Gasteiger partial charge in [0.2, 0.25) is 0 Å². The van der Waals surface area contributed by atoms with Crippen molar-refractivity contribution in [2.75, 3.05) is 33.8 Å². The largest absolute Gasteiger partial charge is 0.493 e. The molecular formula is C29H34N4O4. The zero-order valence-corrected chi connectivity index (χ0v) is 21.8. The summed E-state index contributed by atoms with van der Waals surface area (Å²) in [6.07, 6.45) is 2.87. The lowest BCUT2D eigenvalue weighted by molar-refractivity contribution is -0.148. The molecule has 0 aliphatic carbocycles. The molecule has 0 spiro atoms. The summed E-state index contributed by atoms with van der Waals surface area (Å²) in [6.45, 7) is 6.01. The maximum atomic E-state index is 13.5. The van der Waals surface area contributed by atoms with Crippen LogP contribution in [0.2, 0.25) is 0 Å². The Balaban J connectivity index is 1.42. The molecule has 1 saturated heterocycles. The van der Waals surface area contributed by atoms with Crippen molar-refractivity contribution in [3.8, 4) is 17.1 Å². The van der Waals surface area contributed by atoms with E-state index in [1.54, 1.807) is 4.57 Å². The summed E-state index contributed by atoms with van der Waals surface area (Å²) >= 11 is 0. The van der Waals surface area contributed by atoms with Gasteiger partial charge in [0.1, 0.15) is 12.4 Å². The Morgan fingerprint density at radius 2 is 2.00 bits per heavy atom. The van der Waals surface area contributed by atoms with Crippen LogP contribution in [0.25, 0.3) is 22.3 Å². The number of nitrogens with one attached hydrogen (secondary N) is 1. The lowest BCUT2D eigenvalue weighted by Gasteiger charge is -2.24. The Hall–Kier alpha value is -3.23. The van der Waals surface area contributed by atoms with E-state index in [2.05, 4.69) is 30.4 Å². The second-order valence-electron chi connectivity index (χ2n) is 10.8. The third-order valence-corrected chi connectivity index (χ3v) is 7.99. The second kappa shape index (κ2) is 9.58. The maximum Gasteiger partial charge on any atom is 0.313 e. The Morgan fingerprint density at radius 1 is 1.19 bits per heavy atom. The first-order valence-electron chi connectivity index (χ1n) is 13.3. The van der Waals surface area contributed by atoms with E-state index < -0.39 is 5.92 Å². The molecule has 3 aliphatic heterocycles. The normalized spacial score (nSPS) is 19.0. The summed E-state index contributed by atoms with van der Waals surface area (Å²) in [5, 5.41) is 4.48. The van der Waals surface area contributed by atoms with Crippen molar-refractivity contribution in [3.63, 3.8) is 0 Å². The van der Waals surface area contributed by atoms with E-state index in [0.717, 1.165) is 83.8 Å². The molecule has 1 unspecified atom stereocenters. The molecule has 6 rings (SSSR count). The van der Waals surface area contributed by atoms with Crippen molar-refractivity contribution in [2.24, 2.45) is 5.92 Å². The number of piperidine rings is 1. The van der Waals surface area contributed by atoms with Gasteiger partial charge in [-0.3, -0.25) is 9.59 Å². The van der Waals surface area contributed by atoms with E-state index in [4.69, 9.17) is 14.5 Å². The minimum absolute atomic E-state index is 0.0419. The SMILES string of the molecule is CCC1C(=O)OCc2c1cc1n(c2=O)Cc2cc3c(CN(C)C)c(OCC4CCNCC4)ccc3nc2-1. The van der Waals surface area contributed by atoms with E-state index in [0.29, 0.717) is 24.4 Å². The van der Waals surface area contributed by atoms with Crippen molar-refractivity contribution >= 4 is 16.9 Å². The summed E-state index contributed by atoms with van der Waals surface area (Å²) in [5.41, 5.74) is 5.93. The van der Waals surface area contributed by atoms with Crippen LogP contribution in [0.5, 0.6) is 5.75 Å². The average molecular weight is 503 g/mol. The molecule has 0 saturated carbocycles. The van der Waals surface area contributed by atoms with Crippen LogP contribution < -0.4 is 15.6 Å². The van der Waals surface area contributed by atoms with Gasteiger partial charge in [-0.1, -0.05) is 6.92 Å². The summed E-state index contributed by atoms with van der Waals surface area (Å²) in [4.78, 5) is 33.0. The molecule has 2 aromatic heterocycles. The van der Waals surface area contributed by atoms with Crippen LogP contribution in [-0.2, 0) is 29.2 Å². The molecule has 194 valence electrons. The first kappa shape index (κ1) is 24.1. The monoisotopic (exact) mass is 502 g/mol. The molecule has 3 aliphatic rings. The maximum absolute atomic E-state index is 13.5. The zero-order chi connectivity index (χ0) is 25.7. The standard InChI is InChI=1S/C29H34N4O4/c1-4-19-20-12-25-27-18(13-33(25)28(34)23(20)16-37-29(19)35)11-21-22(14-32(2)3)26(6-5-24(21)31-27)36-15-17-7-9-30-10-8-17/h5-6,11-12,17,19,30H,4,7-10,13-16H2,1-3H3. The minimum atomic E-state index is -0.404. The molecule has 37 heavy (non-hydrogen) atoms. The van der Waals surface area contributed by atoms with E-state index in [9.17, 15) is 9.59 Å². The third kappa shape index (κ3) is 4.22. The number of ether oxygens (including phenoxy) is 2. The van der Waals surface area contributed by atoms with Crippen LogP contribution in [-0.4, -0.2) is 54.2 Å². The van der Waals surface area contributed by atoms with Crippen molar-refractivity contribution in [2.45, 2.75) is 51.8 Å². The fourth-order valence-electron chi connectivity index (χ4n) is 5.98. The van der Waals surface area contributed by atoms with Gasteiger partial charge in [-0.15, -0.1) is 0 Å². The number of carbonyl (C=O) groups excluding carboxylic acids is 1. The second-order valence-corrected chi connectivity index (χ2v) is 10.8. The number of esters is 1. The number of carbonyl (C=O) groups is 1. The first-order valence-corrected chi connectivity index (χ1v) is 13.3. The summed E-state index contributed by atoms with van der Waals surface area (Å²) in [7, 11) is 4.12. The molecular weight excluding hydrogens is 468 g/mol. The lowest BCUT2D eigenvalue weighted by atomic mass is 9.90. The Bertz CT molecular complexity index is 1440. The molecule has 3 aromatic rings. The Kier molecular flexibility index (Phi) is 6.24. The molecule has 1 N–H and O–H groups in total. The zero-order valence-electron chi connectivity index (χ0n) is 21.8. The van der Waals surface area contributed by atoms with Crippen LogP contribution in [0.3, 0.4) is 0 Å². The van der Waals surface area contributed by atoms with Gasteiger partial charge >= 0.3 is 5.97 Å². The number of pyridine rings is 2. The van der Waals surface area contributed by atoms with Gasteiger partial charge in [0, 0.05) is 23.1 Å². The number of rotatable bonds is 6. The minimum Gasteiger partial charge on any atom is -0.493 e. The molecule has 1 fully saturated rings. The fraction of sp³-hybridized carbons (Fsp3) is 0.483. The molecule has 0 amide bonds. The van der Waals surface area contributed by atoms with Gasteiger partial charge in [0.25, 0.3) is 5.56 Å². The highest BCUT2D eigenvalue weighted by Gasteiger charge is 2.34. The van der Waals surface area contributed by atoms with Gasteiger partial charge in [-0.2, -0.15) is 0 Å². The summed E-state index contributed by atoms with van der Waals surface area (Å²) < 4.78 is 13.5. The molecule has 8 heteroatoms. The summed E-state index contributed by atoms with van der Waals surface area (Å²) in [5.74, 6) is 0.816. The van der Waals surface area contributed by atoms with Gasteiger partial charge in [0.15, 0.2) is 0 Å². The number of hydrogen-bond acceptors (Lipinski definition) is 7. The molecule has 8 nitrogen and oxygen atoms in total. The molecule has 1 aromatic carbocycles. The number of benzene rings is 1. The summed E-state index contributed by atoms with van der Waals surface area (Å²) in [6, 6.07) is 8.24. The first-order chi connectivity index (χ1) is 17.9. The van der Waals surface area contributed by atoms with Gasteiger partial charge < -0.3 is 24.3 Å². The lowest BCUT2D eigenvalue weighted by Crippen LogP contribution is -2.32. The van der Waals surface area contributed by atoms with Gasteiger partial charge in [-0.25, -0.2) is 4.98 Å². The van der Waals surface area contributed by atoms with Crippen molar-refractivity contribution in [1.82, 2.24) is 19.8 Å². The Labute approximate surface area is 216 Å². The van der Waals surface area contributed by atoms with Crippen LogP contribution in [0.1, 0.15) is 54.4 Å². The predicted molar refractivity (Wildman–Crippen MR) is 142 cm³/mol. The smallest absolute Gasteiger partial charge is 0.313 e. The third-order valence-electron chi connectivity index (χ3n) is 7.99.